The summed E-state index contributed by atoms with van der Waals surface area (Å²) in [5.74, 6) is -1.07. The van der Waals surface area contributed by atoms with E-state index in [0.717, 1.165) is 6.07 Å². The number of nitriles is 1. The molecule has 0 unspecified atom stereocenters. The Morgan fingerprint density at radius 1 is 1.27 bits per heavy atom. The van der Waals surface area contributed by atoms with E-state index < -0.39 is 17.7 Å². The summed E-state index contributed by atoms with van der Waals surface area (Å²) < 4.78 is 33.0. The molecule has 30 heavy (non-hydrogen) atoms. The van der Waals surface area contributed by atoms with Crippen molar-refractivity contribution >= 4 is 23.8 Å². The van der Waals surface area contributed by atoms with Gasteiger partial charge in [0, 0.05) is 31.7 Å². The highest BCUT2D eigenvalue weighted by Crippen LogP contribution is 2.32. The van der Waals surface area contributed by atoms with Crippen molar-refractivity contribution in [2.45, 2.75) is 25.0 Å². The summed E-state index contributed by atoms with van der Waals surface area (Å²) in [6, 6.07) is 7.23. The molecule has 0 saturated carbocycles. The molecule has 3 heterocycles. The molecule has 0 spiro atoms. The Labute approximate surface area is 176 Å². The number of ether oxygens (including phenoxy) is 1. The number of benzene rings is 1. The molecule has 0 bridgehead atoms. The molecule has 1 aromatic heterocycles. The second-order valence-corrected chi connectivity index (χ2v) is 7.31. The number of halogens is 3. The minimum Gasteiger partial charge on any atom is -0.485 e. The zero-order valence-electron chi connectivity index (χ0n) is 15.6. The molecule has 4 rings (SSSR count). The molecule has 2 amide bonds. The topological polar surface area (TPSA) is 81.8 Å². The Morgan fingerprint density at radius 2 is 2.03 bits per heavy atom. The summed E-state index contributed by atoms with van der Waals surface area (Å²) in [7, 11) is 0. The molecule has 7 nitrogen and oxygen atoms in total. The first-order chi connectivity index (χ1) is 14.4. The molecule has 0 N–H and O–H groups in total. The van der Waals surface area contributed by atoms with Crippen LogP contribution in [0.4, 0.5) is 13.6 Å². The van der Waals surface area contributed by atoms with E-state index in [1.165, 1.54) is 23.2 Å². The Kier molecular flexibility index (Phi) is 5.50. The molecule has 1 fully saturated rings. The molecule has 0 radical (unpaired) electrons. The third-order valence-electron chi connectivity index (χ3n) is 4.93. The van der Waals surface area contributed by atoms with E-state index in [1.54, 1.807) is 17.2 Å². The van der Waals surface area contributed by atoms with Crippen molar-refractivity contribution in [1.29, 1.82) is 5.26 Å². The Hall–Kier alpha value is -3.25. The second-order valence-electron chi connectivity index (χ2n) is 6.95. The van der Waals surface area contributed by atoms with E-state index in [0.29, 0.717) is 37.2 Å². The minimum absolute atomic E-state index is 0.0798. The van der Waals surface area contributed by atoms with Gasteiger partial charge in [0.15, 0.2) is 10.9 Å². The molecule has 2 aliphatic heterocycles. The van der Waals surface area contributed by atoms with Gasteiger partial charge in [-0.1, -0.05) is 11.6 Å². The van der Waals surface area contributed by atoms with Crippen LogP contribution in [-0.4, -0.2) is 46.3 Å². The predicted molar refractivity (Wildman–Crippen MR) is 104 cm³/mol. The van der Waals surface area contributed by atoms with Crippen LogP contribution < -0.4 is 4.74 Å². The summed E-state index contributed by atoms with van der Waals surface area (Å²) in [6.45, 7) is 0.729. The first-order valence-electron chi connectivity index (χ1n) is 9.24. The van der Waals surface area contributed by atoms with Crippen molar-refractivity contribution in [2.24, 2.45) is 5.10 Å². The van der Waals surface area contributed by atoms with E-state index >= 15 is 0 Å². The zero-order valence-corrected chi connectivity index (χ0v) is 16.4. The average Bonchev–Trinajstić information content (AvgIpc) is 3.38. The number of carbonyl (C=O) groups is 1. The Bertz CT molecular complexity index is 1040. The summed E-state index contributed by atoms with van der Waals surface area (Å²) in [5, 5.41) is 14.3. The molecular formula is C20H16ClF2N5O2. The van der Waals surface area contributed by atoms with Gasteiger partial charge < -0.3 is 9.64 Å². The standard InChI is InChI=1S/C20H16ClF2N5O2/c21-19-18(2-1-15(10-24)26-19)30-16-4-6-27(11-16)20(29)28-17(3-5-25-28)12-7-13(22)9-14(23)8-12/h1-2,5,7-9,16-17H,3-4,6,11H2/t16-,17+/m1/s1. The number of nitrogens with zero attached hydrogens (tertiary/aromatic N) is 5. The van der Waals surface area contributed by atoms with E-state index in [2.05, 4.69) is 10.1 Å². The van der Waals surface area contributed by atoms with Crippen LogP contribution in [0.3, 0.4) is 0 Å². The lowest BCUT2D eigenvalue weighted by atomic mass is 10.0. The van der Waals surface area contributed by atoms with Crippen molar-refractivity contribution in [3.8, 4) is 11.8 Å². The van der Waals surface area contributed by atoms with Crippen molar-refractivity contribution in [3.05, 3.63) is 58.4 Å². The molecule has 2 aliphatic rings. The lowest BCUT2D eigenvalue weighted by Crippen LogP contribution is -2.40. The van der Waals surface area contributed by atoms with Gasteiger partial charge in [-0.3, -0.25) is 0 Å². The van der Waals surface area contributed by atoms with Crippen molar-refractivity contribution in [3.63, 3.8) is 0 Å². The number of carbonyl (C=O) groups excluding carboxylic acids is 1. The second kappa shape index (κ2) is 8.24. The van der Waals surface area contributed by atoms with Gasteiger partial charge in [0.25, 0.3) is 0 Å². The molecule has 1 aromatic carbocycles. The van der Waals surface area contributed by atoms with E-state index in [9.17, 15) is 13.6 Å². The number of rotatable bonds is 3. The van der Waals surface area contributed by atoms with Crippen LogP contribution in [0.2, 0.25) is 5.15 Å². The third kappa shape index (κ3) is 4.04. The van der Waals surface area contributed by atoms with Gasteiger partial charge in [-0.25, -0.2) is 23.6 Å². The summed E-state index contributed by atoms with van der Waals surface area (Å²) in [4.78, 5) is 18.5. The van der Waals surface area contributed by atoms with Crippen molar-refractivity contribution in [2.75, 3.05) is 13.1 Å². The fourth-order valence-electron chi connectivity index (χ4n) is 3.54. The van der Waals surface area contributed by atoms with Gasteiger partial charge >= 0.3 is 6.03 Å². The van der Waals surface area contributed by atoms with E-state index in [1.807, 2.05) is 6.07 Å². The highest BCUT2D eigenvalue weighted by molar-refractivity contribution is 6.30. The monoisotopic (exact) mass is 431 g/mol. The van der Waals surface area contributed by atoms with Crippen LogP contribution in [-0.2, 0) is 0 Å². The normalized spacial score (nSPS) is 20.5. The van der Waals surface area contributed by atoms with E-state index in [-0.39, 0.29) is 23.0 Å². The van der Waals surface area contributed by atoms with Crippen LogP contribution in [0.25, 0.3) is 0 Å². The first-order valence-corrected chi connectivity index (χ1v) is 9.62. The maximum Gasteiger partial charge on any atom is 0.341 e. The molecule has 10 heteroatoms. The number of hydrogen-bond acceptors (Lipinski definition) is 5. The molecule has 1 saturated heterocycles. The van der Waals surface area contributed by atoms with Crippen LogP contribution in [0, 0.1) is 23.0 Å². The summed E-state index contributed by atoms with van der Waals surface area (Å²) in [5.41, 5.74) is 0.531. The largest absolute Gasteiger partial charge is 0.485 e. The third-order valence-corrected chi connectivity index (χ3v) is 5.20. The highest BCUT2D eigenvalue weighted by atomic mass is 35.5. The predicted octanol–water partition coefficient (Wildman–Crippen LogP) is 3.89. The highest BCUT2D eigenvalue weighted by Gasteiger charge is 2.36. The average molecular weight is 432 g/mol. The molecular weight excluding hydrogens is 416 g/mol. The zero-order chi connectivity index (χ0) is 21.3. The van der Waals surface area contributed by atoms with E-state index in [4.69, 9.17) is 21.6 Å². The summed E-state index contributed by atoms with van der Waals surface area (Å²) in [6.07, 6.45) is 2.18. The van der Waals surface area contributed by atoms with Crippen LogP contribution in [0.1, 0.15) is 30.1 Å². The van der Waals surface area contributed by atoms with Crippen molar-refractivity contribution in [1.82, 2.24) is 14.9 Å². The first kappa shape index (κ1) is 20.0. The van der Waals surface area contributed by atoms with Crippen LogP contribution in [0.15, 0.2) is 35.4 Å². The number of hydrazone groups is 1. The fourth-order valence-corrected chi connectivity index (χ4v) is 3.74. The number of aromatic nitrogens is 1. The lowest BCUT2D eigenvalue weighted by molar-refractivity contribution is 0.142. The van der Waals surface area contributed by atoms with Crippen LogP contribution >= 0.6 is 11.6 Å². The molecule has 154 valence electrons. The van der Waals surface area contributed by atoms with Gasteiger partial charge in [-0.2, -0.15) is 10.4 Å². The lowest BCUT2D eigenvalue weighted by Gasteiger charge is -2.27. The van der Waals surface area contributed by atoms with Gasteiger partial charge in [-0.15, -0.1) is 0 Å². The molecule has 2 aromatic rings. The minimum atomic E-state index is -0.702. The quantitative estimate of drug-likeness (QED) is 0.690. The van der Waals surface area contributed by atoms with Gasteiger partial charge in [0.1, 0.15) is 29.5 Å². The molecule has 0 aliphatic carbocycles. The van der Waals surface area contributed by atoms with Gasteiger partial charge in [0.2, 0.25) is 0 Å². The maximum atomic E-state index is 13.6. The van der Waals surface area contributed by atoms with Gasteiger partial charge in [-0.05, 0) is 29.8 Å². The number of pyridine rings is 1. The Morgan fingerprint density at radius 3 is 2.73 bits per heavy atom. The maximum absolute atomic E-state index is 13.6. The summed E-state index contributed by atoms with van der Waals surface area (Å²) >= 11 is 6.05. The number of hydrogen-bond donors (Lipinski definition) is 0. The van der Waals surface area contributed by atoms with Crippen molar-refractivity contribution < 1.29 is 18.3 Å². The fraction of sp³-hybridized carbons (Fsp3) is 0.300. The Balaban J connectivity index is 1.43. The van der Waals surface area contributed by atoms with Gasteiger partial charge in [0.05, 0.1) is 12.6 Å². The number of amides is 2. The van der Waals surface area contributed by atoms with Crippen LogP contribution in [0.5, 0.6) is 5.75 Å². The number of urea groups is 1. The number of likely N-dealkylation sites (tertiary alicyclic amines) is 1. The smallest absolute Gasteiger partial charge is 0.341 e. The SMILES string of the molecule is N#Cc1ccc(O[C@@H]2CCN(C(=O)N3N=CC[C@H]3c3cc(F)cc(F)c3)C2)c(Cl)n1. The molecule has 2 atom stereocenters.